The number of nitrogens with one attached hydrogen (secondary N) is 1. The van der Waals surface area contributed by atoms with Crippen LogP contribution in [0.2, 0.25) is 0 Å². The number of pyridine rings is 1. The van der Waals surface area contributed by atoms with E-state index in [1.807, 2.05) is 38.1 Å². The highest BCUT2D eigenvalue weighted by Crippen LogP contribution is 2.07. The van der Waals surface area contributed by atoms with Crippen molar-refractivity contribution in [1.29, 1.82) is 0 Å². The zero-order valence-corrected chi connectivity index (χ0v) is 11.0. The van der Waals surface area contributed by atoms with Gasteiger partial charge in [0.25, 0.3) is 0 Å². The van der Waals surface area contributed by atoms with Crippen LogP contribution in [0, 0.1) is 13.8 Å². The molecule has 2 heterocycles. The molecule has 0 saturated heterocycles. The van der Waals surface area contributed by atoms with Crippen LogP contribution < -0.4 is 5.32 Å². The van der Waals surface area contributed by atoms with Gasteiger partial charge in [-0.1, -0.05) is 6.07 Å². The lowest BCUT2D eigenvalue weighted by Crippen LogP contribution is -2.21. The molecule has 1 amide bonds. The smallest absolute Gasteiger partial charge is 0.244 e. The largest absolute Gasteiger partial charge is 0.462 e. The SMILES string of the molecule is Cc1ccc(/C=C/C(=O)NCc2ncccc2C)o1. The highest BCUT2D eigenvalue weighted by Gasteiger charge is 2.01. The number of carbonyl (C=O) groups excluding carboxylic acids is 1. The zero-order chi connectivity index (χ0) is 13.7. The second kappa shape index (κ2) is 6.00. The molecule has 0 bridgehead atoms. The van der Waals surface area contributed by atoms with Crippen molar-refractivity contribution in [3.63, 3.8) is 0 Å². The molecule has 98 valence electrons. The number of carbonyl (C=O) groups is 1. The van der Waals surface area contributed by atoms with Gasteiger partial charge < -0.3 is 9.73 Å². The minimum absolute atomic E-state index is 0.167. The molecule has 0 unspecified atom stereocenters. The van der Waals surface area contributed by atoms with E-state index in [1.54, 1.807) is 12.3 Å². The first-order valence-electron chi connectivity index (χ1n) is 6.08. The van der Waals surface area contributed by atoms with E-state index >= 15 is 0 Å². The molecular formula is C15H16N2O2. The highest BCUT2D eigenvalue weighted by atomic mass is 16.3. The maximum Gasteiger partial charge on any atom is 0.244 e. The molecule has 0 aliphatic heterocycles. The Bertz CT molecular complexity index is 600. The van der Waals surface area contributed by atoms with Gasteiger partial charge in [-0.15, -0.1) is 0 Å². The van der Waals surface area contributed by atoms with E-state index in [0.717, 1.165) is 17.0 Å². The van der Waals surface area contributed by atoms with Crippen molar-refractivity contribution >= 4 is 12.0 Å². The van der Waals surface area contributed by atoms with E-state index in [2.05, 4.69) is 10.3 Å². The number of nitrogens with zero attached hydrogens (tertiary/aromatic N) is 1. The fourth-order valence-electron chi connectivity index (χ4n) is 1.63. The Balaban J connectivity index is 1.88. The molecule has 0 spiro atoms. The molecule has 2 rings (SSSR count). The summed E-state index contributed by atoms with van der Waals surface area (Å²) in [6.07, 6.45) is 4.82. The van der Waals surface area contributed by atoms with E-state index in [1.165, 1.54) is 6.08 Å². The van der Waals surface area contributed by atoms with Crippen LogP contribution in [0.3, 0.4) is 0 Å². The summed E-state index contributed by atoms with van der Waals surface area (Å²) < 4.78 is 5.34. The fraction of sp³-hybridized carbons (Fsp3) is 0.200. The summed E-state index contributed by atoms with van der Waals surface area (Å²) in [6, 6.07) is 7.52. The maximum atomic E-state index is 11.6. The standard InChI is InChI=1S/C15H16N2O2/c1-11-4-3-9-16-14(11)10-17-15(18)8-7-13-6-5-12(2)19-13/h3-9H,10H2,1-2H3,(H,17,18)/b8-7+. The summed E-state index contributed by atoms with van der Waals surface area (Å²) in [7, 11) is 0. The van der Waals surface area contributed by atoms with E-state index in [9.17, 15) is 4.79 Å². The van der Waals surface area contributed by atoms with Crippen molar-refractivity contribution < 1.29 is 9.21 Å². The fourth-order valence-corrected chi connectivity index (χ4v) is 1.63. The molecule has 0 atom stereocenters. The van der Waals surface area contributed by atoms with Crippen LogP contribution in [-0.2, 0) is 11.3 Å². The molecule has 4 nitrogen and oxygen atoms in total. The van der Waals surface area contributed by atoms with Crippen molar-refractivity contribution in [3.05, 3.63) is 59.3 Å². The topological polar surface area (TPSA) is 55.1 Å². The summed E-state index contributed by atoms with van der Waals surface area (Å²) in [5.41, 5.74) is 1.94. The second-order valence-corrected chi connectivity index (χ2v) is 4.27. The van der Waals surface area contributed by atoms with Gasteiger partial charge in [0.1, 0.15) is 11.5 Å². The Morgan fingerprint density at radius 2 is 2.21 bits per heavy atom. The van der Waals surface area contributed by atoms with Crippen LogP contribution in [0.25, 0.3) is 6.08 Å². The van der Waals surface area contributed by atoms with E-state index < -0.39 is 0 Å². The van der Waals surface area contributed by atoms with Crippen molar-refractivity contribution in [2.24, 2.45) is 0 Å². The number of hydrogen-bond acceptors (Lipinski definition) is 3. The predicted molar refractivity (Wildman–Crippen MR) is 73.3 cm³/mol. The third-order valence-electron chi connectivity index (χ3n) is 2.71. The number of rotatable bonds is 4. The Hall–Kier alpha value is -2.36. The van der Waals surface area contributed by atoms with Crippen LogP contribution in [-0.4, -0.2) is 10.9 Å². The van der Waals surface area contributed by atoms with Gasteiger partial charge in [0, 0.05) is 12.3 Å². The summed E-state index contributed by atoms with van der Waals surface area (Å²) >= 11 is 0. The number of amides is 1. The number of furan rings is 1. The molecule has 2 aromatic rings. The molecule has 19 heavy (non-hydrogen) atoms. The Labute approximate surface area is 112 Å². The van der Waals surface area contributed by atoms with Gasteiger partial charge in [-0.3, -0.25) is 9.78 Å². The second-order valence-electron chi connectivity index (χ2n) is 4.27. The molecule has 1 N–H and O–H groups in total. The molecule has 0 aliphatic rings. The van der Waals surface area contributed by atoms with Gasteiger partial charge in [0.2, 0.25) is 5.91 Å². The van der Waals surface area contributed by atoms with Crippen molar-refractivity contribution in [2.45, 2.75) is 20.4 Å². The van der Waals surface area contributed by atoms with Gasteiger partial charge in [0.05, 0.1) is 12.2 Å². The number of aryl methyl sites for hydroxylation is 2. The van der Waals surface area contributed by atoms with E-state index in [-0.39, 0.29) is 5.91 Å². The quantitative estimate of drug-likeness (QED) is 0.855. The van der Waals surface area contributed by atoms with Crippen molar-refractivity contribution in [2.75, 3.05) is 0 Å². The van der Waals surface area contributed by atoms with Crippen molar-refractivity contribution in [1.82, 2.24) is 10.3 Å². The predicted octanol–water partition coefficient (Wildman–Crippen LogP) is 2.62. The molecular weight excluding hydrogens is 240 g/mol. The molecule has 0 fully saturated rings. The Kier molecular flexibility index (Phi) is 4.13. The lowest BCUT2D eigenvalue weighted by molar-refractivity contribution is -0.116. The average molecular weight is 256 g/mol. The van der Waals surface area contributed by atoms with Crippen LogP contribution in [0.1, 0.15) is 22.8 Å². The number of aromatic nitrogens is 1. The highest BCUT2D eigenvalue weighted by molar-refractivity contribution is 5.91. The summed E-state index contributed by atoms with van der Waals surface area (Å²) in [4.78, 5) is 15.9. The van der Waals surface area contributed by atoms with Gasteiger partial charge in [-0.25, -0.2) is 0 Å². The normalized spacial score (nSPS) is 10.8. The zero-order valence-electron chi connectivity index (χ0n) is 11.0. The first-order chi connectivity index (χ1) is 9.15. The Morgan fingerprint density at radius 1 is 1.37 bits per heavy atom. The van der Waals surface area contributed by atoms with Gasteiger partial charge in [-0.2, -0.15) is 0 Å². The first kappa shape index (κ1) is 13.1. The monoisotopic (exact) mass is 256 g/mol. The third-order valence-corrected chi connectivity index (χ3v) is 2.71. The summed E-state index contributed by atoms with van der Waals surface area (Å²) in [5.74, 6) is 1.32. The van der Waals surface area contributed by atoms with Crippen molar-refractivity contribution in [3.8, 4) is 0 Å². The molecule has 0 aliphatic carbocycles. The molecule has 0 radical (unpaired) electrons. The average Bonchev–Trinajstić information content (AvgIpc) is 2.81. The molecule has 0 aromatic carbocycles. The minimum Gasteiger partial charge on any atom is -0.462 e. The molecule has 2 aromatic heterocycles. The lowest BCUT2D eigenvalue weighted by Gasteiger charge is -2.04. The molecule has 4 heteroatoms. The maximum absolute atomic E-state index is 11.6. The molecule has 0 saturated carbocycles. The summed E-state index contributed by atoms with van der Waals surface area (Å²) in [6.45, 7) is 4.25. The third kappa shape index (κ3) is 3.81. The lowest BCUT2D eigenvalue weighted by atomic mass is 10.2. The van der Waals surface area contributed by atoms with Crippen LogP contribution in [0.15, 0.2) is 41.0 Å². The van der Waals surface area contributed by atoms with Crippen LogP contribution in [0.5, 0.6) is 0 Å². The first-order valence-corrected chi connectivity index (χ1v) is 6.08. The van der Waals surface area contributed by atoms with Gasteiger partial charge in [0.15, 0.2) is 0 Å². The summed E-state index contributed by atoms with van der Waals surface area (Å²) in [5, 5.41) is 2.79. The Morgan fingerprint density at radius 3 is 2.89 bits per heavy atom. The van der Waals surface area contributed by atoms with E-state index in [0.29, 0.717) is 12.3 Å². The van der Waals surface area contributed by atoms with Gasteiger partial charge >= 0.3 is 0 Å². The number of hydrogen-bond donors (Lipinski definition) is 1. The van der Waals surface area contributed by atoms with Gasteiger partial charge in [-0.05, 0) is 43.7 Å². The minimum atomic E-state index is -0.167. The van der Waals surface area contributed by atoms with Crippen LogP contribution >= 0.6 is 0 Å². The van der Waals surface area contributed by atoms with E-state index in [4.69, 9.17) is 4.42 Å². The van der Waals surface area contributed by atoms with Crippen LogP contribution in [0.4, 0.5) is 0 Å².